The molecule has 1 aromatic heterocycles. The van der Waals surface area contributed by atoms with Crippen molar-refractivity contribution in [2.45, 2.75) is 26.4 Å². The van der Waals surface area contributed by atoms with Crippen molar-refractivity contribution in [3.05, 3.63) is 51.0 Å². The SMILES string of the molecule is Cc1[nH]ncc1CN[C@@H](C)c1cc(F)c(Cl)cc1Cl. The number of aromatic amines is 1. The molecule has 19 heavy (non-hydrogen) atoms. The third kappa shape index (κ3) is 3.26. The Labute approximate surface area is 121 Å². The molecule has 0 aliphatic heterocycles. The summed E-state index contributed by atoms with van der Waals surface area (Å²) in [5.74, 6) is -0.464. The Morgan fingerprint density at radius 3 is 2.74 bits per heavy atom. The van der Waals surface area contributed by atoms with Crippen LogP contribution in [0.2, 0.25) is 10.0 Å². The number of hydrogen-bond donors (Lipinski definition) is 2. The van der Waals surface area contributed by atoms with E-state index in [1.54, 1.807) is 6.20 Å². The molecule has 1 aromatic carbocycles. The number of rotatable bonds is 4. The molecular weight excluding hydrogens is 288 g/mol. The topological polar surface area (TPSA) is 40.7 Å². The lowest BCUT2D eigenvalue weighted by atomic mass is 10.1. The van der Waals surface area contributed by atoms with Crippen LogP contribution in [-0.4, -0.2) is 10.2 Å². The standard InChI is InChI=1S/C13H14Cl2FN3/c1-7-9(6-18-19-7)5-17-8(2)10-3-13(16)12(15)4-11(10)14/h3-4,6,8,17H,5H2,1-2H3,(H,18,19)/t8-/m0/s1. The first kappa shape index (κ1) is 14.3. The Bertz CT molecular complexity index is 583. The van der Waals surface area contributed by atoms with Crippen LogP contribution < -0.4 is 5.32 Å². The zero-order chi connectivity index (χ0) is 14.0. The number of H-pyrrole nitrogens is 1. The first-order valence-corrected chi connectivity index (χ1v) is 6.61. The number of nitrogens with one attached hydrogen (secondary N) is 2. The second-order valence-electron chi connectivity index (χ2n) is 4.41. The van der Waals surface area contributed by atoms with Crippen molar-refractivity contribution in [2.75, 3.05) is 0 Å². The van der Waals surface area contributed by atoms with E-state index in [1.807, 2.05) is 13.8 Å². The molecule has 1 heterocycles. The molecule has 3 nitrogen and oxygen atoms in total. The Hall–Kier alpha value is -1.10. The van der Waals surface area contributed by atoms with Crippen LogP contribution in [0.4, 0.5) is 4.39 Å². The van der Waals surface area contributed by atoms with Gasteiger partial charge in [-0.3, -0.25) is 5.10 Å². The summed E-state index contributed by atoms with van der Waals surface area (Å²) in [5, 5.41) is 10.6. The van der Waals surface area contributed by atoms with Crippen LogP contribution in [0.5, 0.6) is 0 Å². The average molecular weight is 302 g/mol. The summed E-state index contributed by atoms with van der Waals surface area (Å²) >= 11 is 11.8. The van der Waals surface area contributed by atoms with E-state index in [0.717, 1.165) is 11.3 Å². The normalized spacial score (nSPS) is 12.7. The summed E-state index contributed by atoms with van der Waals surface area (Å²) in [6, 6.07) is 2.70. The van der Waals surface area contributed by atoms with Gasteiger partial charge in [0.15, 0.2) is 0 Å². The predicted molar refractivity (Wildman–Crippen MR) is 75.0 cm³/mol. The van der Waals surface area contributed by atoms with E-state index < -0.39 is 5.82 Å². The van der Waals surface area contributed by atoms with E-state index in [1.165, 1.54) is 12.1 Å². The molecule has 0 radical (unpaired) electrons. The average Bonchev–Trinajstić information content (AvgIpc) is 2.76. The van der Waals surface area contributed by atoms with Gasteiger partial charge in [-0.1, -0.05) is 23.2 Å². The van der Waals surface area contributed by atoms with Crippen molar-refractivity contribution in [3.8, 4) is 0 Å². The summed E-state index contributed by atoms with van der Waals surface area (Å²) in [7, 11) is 0. The van der Waals surface area contributed by atoms with Crippen molar-refractivity contribution in [1.29, 1.82) is 0 Å². The molecule has 0 spiro atoms. The molecular formula is C13H14Cl2FN3. The molecule has 0 unspecified atom stereocenters. The highest BCUT2D eigenvalue weighted by Gasteiger charge is 2.13. The van der Waals surface area contributed by atoms with Crippen LogP contribution in [0.15, 0.2) is 18.3 Å². The minimum Gasteiger partial charge on any atom is -0.306 e. The summed E-state index contributed by atoms with van der Waals surface area (Å²) in [6.45, 7) is 4.50. The molecule has 102 valence electrons. The lowest BCUT2D eigenvalue weighted by molar-refractivity contribution is 0.564. The van der Waals surface area contributed by atoms with Crippen LogP contribution in [0.25, 0.3) is 0 Å². The van der Waals surface area contributed by atoms with Crippen LogP contribution >= 0.6 is 23.2 Å². The maximum Gasteiger partial charge on any atom is 0.142 e. The maximum absolute atomic E-state index is 13.5. The minimum atomic E-state index is -0.464. The van der Waals surface area contributed by atoms with E-state index in [4.69, 9.17) is 23.2 Å². The fraction of sp³-hybridized carbons (Fsp3) is 0.308. The number of benzene rings is 1. The van der Waals surface area contributed by atoms with Gasteiger partial charge in [0.2, 0.25) is 0 Å². The second-order valence-corrected chi connectivity index (χ2v) is 5.23. The monoisotopic (exact) mass is 301 g/mol. The second kappa shape index (κ2) is 5.90. The Kier molecular flexibility index (Phi) is 4.45. The van der Waals surface area contributed by atoms with Crippen molar-refractivity contribution in [2.24, 2.45) is 0 Å². The zero-order valence-electron chi connectivity index (χ0n) is 10.6. The molecule has 1 atom stereocenters. The number of hydrogen-bond acceptors (Lipinski definition) is 2. The number of aryl methyl sites for hydroxylation is 1. The summed E-state index contributed by atoms with van der Waals surface area (Å²) < 4.78 is 13.5. The highest BCUT2D eigenvalue weighted by atomic mass is 35.5. The first-order valence-electron chi connectivity index (χ1n) is 5.85. The molecule has 2 aromatic rings. The Morgan fingerprint density at radius 1 is 1.37 bits per heavy atom. The van der Waals surface area contributed by atoms with E-state index in [9.17, 15) is 4.39 Å². The lowest BCUT2D eigenvalue weighted by Gasteiger charge is -2.16. The number of nitrogens with zero attached hydrogens (tertiary/aromatic N) is 1. The van der Waals surface area contributed by atoms with Crippen LogP contribution in [0, 0.1) is 12.7 Å². The summed E-state index contributed by atoms with van der Waals surface area (Å²) in [5.41, 5.74) is 2.76. The summed E-state index contributed by atoms with van der Waals surface area (Å²) in [4.78, 5) is 0. The lowest BCUT2D eigenvalue weighted by Crippen LogP contribution is -2.18. The van der Waals surface area contributed by atoms with Gasteiger partial charge in [-0.2, -0.15) is 5.10 Å². The third-order valence-electron chi connectivity index (χ3n) is 3.04. The van der Waals surface area contributed by atoms with Gasteiger partial charge in [0.1, 0.15) is 5.82 Å². The van der Waals surface area contributed by atoms with Crippen LogP contribution in [-0.2, 0) is 6.54 Å². The highest BCUT2D eigenvalue weighted by molar-refractivity contribution is 6.35. The van der Waals surface area contributed by atoms with Crippen molar-refractivity contribution in [1.82, 2.24) is 15.5 Å². The van der Waals surface area contributed by atoms with Crippen molar-refractivity contribution < 1.29 is 4.39 Å². The molecule has 0 amide bonds. The minimum absolute atomic E-state index is 0.0339. The highest BCUT2D eigenvalue weighted by Crippen LogP contribution is 2.28. The maximum atomic E-state index is 13.5. The Morgan fingerprint density at radius 2 is 2.11 bits per heavy atom. The zero-order valence-corrected chi connectivity index (χ0v) is 12.1. The molecule has 2 rings (SSSR count). The van der Waals surface area contributed by atoms with Crippen LogP contribution in [0.3, 0.4) is 0 Å². The van der Waals surface area contributed by atoms with Crippen molar-refractivity contribution >= 4 is 23.2 Å². The molecule has 0 fully saturated rings. The number of halogens is 3. The first-order chi connectivity index (χ1) is 8.99. The third-order valence-corrected chi connectivity index (χ3v) is 3.66. The van der Waals surface area contributed by atoms with Crippen molar-refractivity contribution in [3.63, 3.8) is 0 Å². The van der Waals surface area contributed by atoms with E-state index in [2.05, 4.69) is 15.5 Å². The largest absolute Gasteiger partial charge is 0.306 e. The van der Waals surface area contributed by atoms with Gasteiger partial charge in [-0.15, -0.1) is 0 Å². The van der Waals surface area contributed by atoms with Gasteiger partial charge >= 0.3 is 0 Å². The fourth-order valence-electron chi connectivity index (χ4n) is 1.80. The van der Waals surface area contributed by atoms with E-state index in [0.29, 0.717) is 17.1 Å². The molecule has 6 heteroatoms. The Balaban J connectivity index is 2.10. The van der Waals surface area contributed by atoms with Gasteiger partial charge in [-0.25, -0.2) is 4.39 Å². The van der Waals surface area contributed by atoms with E-state index in [-0.39, 0.29) is 11.1 Å². The van der Waals surface area contributed by atoms with Gasteiger partial charge in [0, 0.05) is 28.9 Å². The van der Waals surface area contributed by atoms with Gasteiger partial charge in [0.05, 0.1) is 11.2 Å². The van der Waals surface area contributed by atoms with Crippen LogP contribution in [0.1, 0.15) is 29.8 Å². The molecule has 2 N–H and O–H groups in total. The van der Waals surface area contributed by atoms with Gasteiger partial charge in [-0.05, 0) is 31.5 Å². The molecule has 0 bridgehead atoms. The molecule has 0 saturated carbocycles. The van der Waals surface area contributed by atoms with Gasteiger partial charge in [0.25, 0.3) is 0 Å². The number of aromatic nitrogens is 2. The molecule has 0 aliphatic rings. The molecule has 0 saturated heterocycles. The predicted octanol–water partition coefficient (Wildman–Crippen LogP) is 4.01. The smallest absolute Gasteiger partial charge is 0.142 e. The van der Waals surface area contributed by atoms with E-state index >= 15 is 0 Å². The fourth-order valence-corrected chi connectivity index (χ4v) is 2.34. The quantitative estimate of drug-likeness (QED) is 0.838. The van der Waals surface area contributed by atoms with Gasteiger partial charge < -0.3 is 5.32 Å². The molecule has 0 aliphatic carbocycles. The summed E-state index contributed by atoms with van der Waals surface area (Å²) in [6.07, 6.45) is 1.76.